The Bertz CT molecular complexity index is 250. The number of benzene rings is 1. The standard InChI is InChI=1S/C8H11NOS/c1-2-10-6-3-4-7(9)8(11)5-6/h3-5,11H,2,9H2,1H3. The average Bonchev–Trinajstić information content (AvgIpc) is 1.98. The van der Waals surface area contributed by atoms with Crippen LogP contribution in [0.5, 0.6) is 5.75 Å². The van der Waals surface area contributed by atoms with Crippen molar-refractivity contribution < 1.29 is 4.74 Å². The molecule has 0 heterocycles. The number of nitrogen functional groups attached to an aromatic ring is 1. The van der Waals surface area contributed by atoms with E-state index in [9.17, 15) is 0 Å². The molecule has 0 bridgehead atoms. The first-order valence-corrected chi connectivity index (χ1v) is 3.90. The maximum atomic E-state index is 5.55. The summed E-state index contributed by atoms with van der Waals surface area (Å²) >= 11 is 4.16. The molecule has 0 amide bonds. The fraction of sp³-hybridized carbons (Fsp3) is 0.250. The third-order valence-corrected chi connectivity index (χ3v) is 1.70. The van der Waals surface area contributed by atoms with Gasteiger partial charge < -0.3 is 10.5 Å². The first kappa shape index (κ1) is 8.27. The van der Waals surface area contributed by atoms with E-state index in [0.29, 0.717) is 12.3 Å². The number of anilines is 1. The number of nitrogens with two attached hydrogens (primary N) is 1. The van der Waals surface area contributed by atoms with E-state index in [1.807, 2.05) is 19.1 Å². The second-order valence-corrected chi connectivity index (χ2v) is 2.64. The zero-order chi connectivity index (χ0) is 8.27. The maximum Gasteiger partial charge on any atom is 0.120 e. The quantitative estimate of drug-likeness (QED) is 0.524. The molecule has 60 valence electrons. The van der Waals surface area contributed by atoms with E-state index in [4.69, 9.17) is 10.5 Å². The predicted molar refractivity (Wildman–Crippen MR) is 49.3 cm³/mol. The van der Waals surface area contributed by atoms with Crippen molar-refractivity contribution in [3.05, 3.63) is 18.2 Å². The Morgan fingerprint density at radius 2 is 2.27 bits per heavy atom. The number of ether oxygens (including phenoxy) is 1. The van der Waals surface area contributed by atoms with Crippen molar-refractivity contribution in [2.45, 2.75) is 11.8 Å². The average molecular weight is 169 g/mol. The normalized spacial score (nSPS) is 9.64. The lowest BCUT2D eigenvalue weighted by Crippen LogP contribution is -1.92. The lowest BCUT2D eigenvalue weighted by molar-refractivity contribution is 0.339. The molecule has 0 aromatic heterocycles. The van der Waals surface area contributed by atoms with Gasteiger partial charge in [0.15, 0.2) is 0 Å². The van der Waals surface area contributed by atoms with Crippen molar-refractivity contribution in [2.24, 2.45) is 0 Å². The molecule has 0 fully saturated rings. The zero-order valence-corrected chi connectivity index (χ0v) is 7.27. The third-order valence-electron chi connectivity index (χ3n) is 1.31. The molecule has 0 saturated heterocycles. The molecule has 2 nitrogen and oxygen atoms in total. The second-order valence-electron chi connectivity index (χ2n) is 2.15. The van der Waals surface area contributed by atoms with Crippen molar-refractivity contribution in [1.29, 1.82) is 0 Å². The molecule has 0 saturated carbocycles. The molecule has 0 aliphatic rings. The Morgan fingerprint density at radius 1 is 1.55 bits per heavy atom. The number of rotatable bonds is 2. The van der Waals surface area contributed by atoms with Gasteiger partial charge in [-0.15, -0.1) is 12.6 Å². The minimum absolute atomic E-state index is 0.664. The van der Waals surface area contributed by atoms with Crippen LogP contribution in [0.2, 0.25) is 0 Å². The van der Waals surface area contributed by atoms with E-state index in [1.54, 1.807) is 6.07 Å². The van der Waals surface area contributed by atoms with E-state index in [1.165, 1.54) is 0 Å². The van der Waals surface area contributed by atoms with Gasteiger partial charge in [0.1, 0.15) is 5.75 Å². The molecule has 3 heteroatoms. The Balaban J connectivity index is 2.86. The summed E-state index contributed by atoms with van der Waals surface area (Å²) in [5.41, 5.74) is 6.23. The molecule has 11 heavy (non-hydrogen) atoms. The highest BCUT2D eigenvalue weighted by molar-refractivity contribution is 7.80. The van der Waals surface area contributed by atoms with Crippen LogP contribution < -0.4 is 10.5 Å². The van der Waals surface area contributed by atoms with Gasteiger partial charge >= 0.3 is 0 Å². The molecule has 0 spiro atoms. The third kappa shape index (κ3) is 2.05. The molecular weight excluding hydrogens is 158 g/mol. The van der Waals surface area contributed by atoms with Crippen molar-refractivity contribution >= 4 is 18.3 Å². The highest BCUT2D eigenvalue weighted by atomic mass is 32.1. The molecular formula is C8H11NOS. The molecule has 1 aromatic rings. The molecule has 2 N–H and O–H groups in total. The molecule has 0 aliphatic heterocycles. The summed E-state index contributed by atoms with van der Waals surface area (Å²) in [6, 6.07) is 5.42. The largest absolute Gasteiger partial charge is 0.494 e. The van der Waals surface area contributed by atoms with Crippen molar-refractivity contribution in [2.75, 3.05) is 12.3 Å². The van der Waals surface area contributed by atoms with Crippen LogP contribution in [0.4, 0.5) is 5.69 Å². The van der Waals surface area contributed by atoms with Gasteiger partial charge in [-0.05, 0) is 25.1 Å². The van der Waals surface area contributed by atoms with Crippen LogP contribution in [0.25, 0.3) is 0 Å². The summed E-state index contributed by atoms with van der Waals surface area (Å²) in [6.07, 6.45) is 0. The number of hydrogen-bond donors (Lipinski definition) is 2. The fourth-order valence-corrected chi connectivity index (χ4v) is 0.982. The Labute approximate surface area is 71.8 Å². The SMILES string of the molecule is CCOc1ccc(N)c(S)c1. The van der Waals surface area contributed by atoms with Crippen LogP contribution in [0.3, 0.4) is 0 Å². The van der Waals surface area contributed by atoms with Gasteiger partial charge in [-0.3, -0.25) is 0 Å². The molecule has 1 rings (SSSR count). The summed E-state index contributed by atoms with van der Waals surface area (Å²) in [5, 5.41) is 0. The van der Waals surface area contributed by atoms with E-state index < -0.39 is 0 Å². The lowest BCUT2D eigenvalue weighted by atomic mass is 10.3. The molecule has 1 aromatic carbocycles. The van der Waals surface area contributed by atoms with E-state index in [0.717, 1.165) is 10.6 Å². The van der Waals surface area contributed by atoms with Crippen LogP contribution in [0.1, 0.15) is 6.92 Å². The van der Waals surface area contributed by atoms with E-state index in [-0.39, 0.29) is 0 Å². The van der Waals surface area contributed by atoms with Crippen LogP contribution in [-0.2, 0) is 0 Å². The smallest absolute Gasteiger partial charge is 0.120 e. The van der Waals surface area contributed by atoms with Crippen LogP contribution in [0.15, 0.2) is 23.1 Å². The summed E-state index contributed by atoms with van der Waals surface area (Å²) in [5.74, 6) is 0.812. The van der Waals surface area contributed by atoms with Gasteiger partial charge in [0.2, 0.25) is 0 Å². The van der Waals surface area contributed by atoms with Crippen molar-refractivity contribution in [3.8, 4) is 5.75 Å². The predicted octanol–water partition coefficient (Wildman–Crippen LogP) is 1.96. The van der Waals surface area contributed by atoms with Crippen LogP contribution in [-0.4, -0.2) is 6.61 Å². The molecule has 0 radical (unpaired) electrons. The summed E-state index contributed by atoms with van der Waals surface area (Å²) < 4.78 is 5.24. The summed E-state index contributed by atoms with van der Waals surface area (Å²) in [7, 11) is 0. The zero-order valence-electron chi connectivity index (χ0n) is 6.37. The van der Waals surface area contributed by atoms with Gasteiger partial charge in [0.25, 0.3) is 0 Å². The molecule has 0 unspecified atom stereocenters. The van der Waals surface area contributed by atoms with E-state index in [2.05, 4.69) is 12.6 Å². The lowest BCUT2D eigenvalue weighted by Gasteiger charge is -2.04. The fourth-order valence-electron chi connectivity index (χ4n) is 0.780. The Morgan fingerprint density at radius 3 is 2.82 bits per heavy atom. The van der Waals surface area contributed by atoms with Crippen molar-refractivity contribution in [1.82, 2.24) is 0 Å². The topological polar surface area (TPSA) is 35.2 Å². The van der Waals surface area contributed by atoms with Gasteiger partial charge in [-0.1, -0.05) is 0 Å². The first-order valence-electron chi connectivity index (χ1n) is 3.45. The minimum atomic E-state index is 0.664. The minimum Gasteiger partial charge on any atom is -0.494 e. The van der Waals surface area contributed by atoms with Gasteiger partial charge in [-0.25, -0.2) is 0 Å². The maximum absolute atomic E-state index is 5.55. The number of thiol groups is 1. The Hall–Kier alpha value is -0.830. The second kappa shape index (κ2) is 3.53. The summed E-state index contributed by atoms with van der Waals surface area (Å²) in [4.78, 5) is 0.760. The first-order chi connectivity index (χ1) is 5.24. The monoisotopic (exact) mass is 169 g/mol. The van der Waals surface area contributed by atoms with Gasteiger partial charge in [0, 0.05) is 10.6 Å². The van der Waals surface area contributed by atoms with Crippen molar-refractivity contribution in [3.63, 3.8) is 0 Å². The number of hydrogen-bond acceptors (Lipinski definition) is 3. The Kier molecular flexibility index (Phi) is 2.65. The van der Waals surface area contributed by atoms with E-state index >= 15 is 0 Å². The highest BCUT2D eigenvalue weighted by Crippen LogP contribution is 2.22. The van der Waals surface area contributed by atoms with Crippen LogP contribution in [0, 0.1) is 0 Å². The van der Waals surface area contributed by atoms with Crippen LogP contribution >= 0.6 is 12.6 Å². The molecule has 0 aliphatic carbocycles. The van der Waals surface area contributed by atoms with Gasteiger partial charge in [0.05, 0.1) is 6.61 Å². The van der Waals surface area contributed by atoms with Gasteiger partial charge in [-0.2, -0.15) is 0 Å². The molecule has 0 atom stereocenters. The highest BCUT2D eigenvalue weighted by Gasteiger charge is 1.95. The summed E-state index contributed by atoms with van der Waals surface area (Å²) in [6.45, 7) is 2.60.